The molecule has 1 aliphatic heterocycles. The number of alkyl halides is 3. The molecule has 0 saturated carbocycles. The largest absolute Gasteiger partial charge is 0.472 e. The molecule has 0 aliphatic carbocycles. The number of nitrogens with one attached hydrogen (secondary N) is 2. The number of hydrogen-bond donors (Lipinski definition) is 2. The van der Waals surface area contributed by atoms with Crippen LogP contribution in [0, 0.1) is 0 Å². The highest BCUT2D eigenvalue weighted by molar-refractivity contribution is 6.31. The Balaban J connectivity index is 2.07. The second-order valence-corrected chi connectivity index (χ2v) is 7.14. The first-order valence-corrected chi connectivity index (χ1v) is 9.46. The third-order valence-corrected chi connectivity index (χ3v) is 4.65. The van der Waals surface area contributed by atoms with Crippen LogP contribution in [-0.2, 0) is 9.59 Å². The summed E-state index contributed by atoms with van der Waals surface area (Å²) in [6, 6.07) is 6.32. The normalized spacial score (nSPS) is 14.1. The maximum Gasteiger partial charge on any atom is 0.472 e. The maximum absolute atomic E-state index is 13.4. The summed E-state index contributed by atoms with van der Waals surface area (Å²) in [5, 5.41) is 5.87. The second kappa shape index (κ2) is 9.03. The predicted octanol–water partition coefficient (Wildman–Crippen LogP) is 4.47. The molecule has 2 amide bonds. The van der Waals surface area contributed by atoms with Crippen molar-refractivity contribution in [2.45, 2.75) is 12.6 Å². The molecule has 1 aliphatic rings. The topological polar surface area (TPSA) is 74.3 Å². The quantitative estimate of drug-likeness (QED) is 0.708. The summed E-state index contributed by atoms with van der Waals surface area (Å²) in [6.45, 7) is 1.10. The van der Waals surface area contributed by atoms with Gasteiger partial charge in [0, 0.05) is 23.3 Å². The molecule has 0 fully saturated rings. The Morgan fingerprint density at radius 1 is 1.13 bits per heavy atom. The van der Waals surface area contributed by atoms with Crippen LogP contribution in [0.4, 0.5) is 30.4 Å². The van der Waals surface area contributed by atoms with Crippen molar-refractivity contribution in [1.82, 2.24) is 10.3 Å². The van der Waals surface area contributed by atoms with E-state index in [1.165, 1.54) is 18.2 Å². The van der Waals surface area contributed by atoms with Crippen LogP contribution in [0.3, 0.4) is 0 Å². The van der Waals surface area contributed by atoms with Crippen LogP contribution < -0.4 is 15.5 Å². The maximum atomic E-state index is 13.4. The van der Waals surface area contributed by atoms with Gasteiger partial charge in [-0.2, -0.15) is 13.2 Å². The van der Waals surface area contributed by atoms with Crippen molar-refractivity contribution in [3.63, 3.8) is 0 Å². The molecule has 6 nitrogen and oxygen atoms in total. The highest BCUT2D eigenvalue weighted by Crippen LogP contribution is 2.37. The molecule has 1 aromatic carbocycles. The fraction of sp³-hybridized carbons (Fsp3) is 0.211. The third kappa shape index (κ3) is 5.10. The summed E-state index contributed by atoms with van der Waals surface area (Å²) in [5.74, 6) is -3.01. The molecule has 30 heavy (non-hydrogen) atoms. The Bertz CT molecular complexity index is 994. The fourth-order valence-electron chi connectivity index (χ4n) is 2.79. The number of pyridine rings is 1. The summed E-state index contributed by atoms with van der Waals surface area (Å²) in [6.07, 6.45) is -1.95. The van der Waals surface area contributed by atoms with Crippen LogP contribution in [0.2, 0.25) is 10.0 Å². The summed E-state index contributed by atoms with van der Waals surface area (Å²) >= 11 is 11.8. The van der Waals surface area contributed by atoms with Crippen LogP contribution in [-0.4, -0.2) is 36.1 Å². The minimum absolute atomic E-state index is 0.0295. The van der Waals surface area contributed by atoms with Crippen molar-refractivity contribution in [2.75, 3.05) is 23.3 Å². The molecule has 2 aromatic rings. The van der Waals surface area contributed by atoms with Crippen LogP contribution in [0.15, 0.2) is 48.2 Å². The molecule has 2 heterocycles. The van der Waals surface area contributed by atoms with Crippen LogP contribution in [0.1, 0.15) is 6.42 Å². The Labute approximate surface area is 179 Å². The van der Waals surface area contributed by atoms with Crippen molar-refractivity contribution in [3.05, 3.63) is 58.2 Å². The zero-order valence-corrected chi connectivity index (χ0v) is 16.8. The van der Waals surface area contributed by atoms with Gasteiger partial charge in [0.15, 0.2) is 0 Å². The van der Waals surface area contributed by atoms with Crippen molar-refractivity contribution in [1.29, 1.82) is 0 Å². The molecular formula is C19H15Cl2F3N4O2. The molecule has 2 N–H and O–H groups in total. The van der Waals surface area contributed by atoms with Gasteiger partial charge in [-0.25, -0.2) is 4.98 Å². The van der Waals surface area contributed by atoms with E-state index in [9.17, 15) is 22.8 Å². The number of carbonyl (C=O) groups is 2. The van der Waals surface area contributed by atoms with E-state index in [1.807, 2.05) is 0 Å². The van der Waals surface area contributed by atoms with E-state index < -0.39 is 18.0 Å². The van der Waals surface area contributed by atoms with E-state index in [0.29, 0.717) is 30.0 Å². The van der Waals surface area contributed by atoms with Gasteiger partial charge in [-0.1, -0.05) is 29.3 Å². The molecule has 1 aromatic heterocycles. The lowest BCUT2D eigenvalue weighted by Crippen LogP contribution is -2.39. The van der Waals surface area contributed by atoms with Gasteiger partial charge in [-0.05, 0) is 43.3 Å². The molecule has 3 rings (SSSR count). The van der Waals surface area contributed by atoms with Gasteiger partial charge < -0.3 is 10.6 Å². The van der Waals surface area contributed by atoms with E-state index in [1.54, 1.807) is 6.08 Å². The first-order chi connectivity index (χ1) is 14.2. The van der Waals surface area contributed by atoms with E-state index in [4.69, 9.17) is 23.2 Å². The molecule has 11 heteroatoms. The van der Waals surface area contributed by atoms with Gasteiger partial charge in [0.1, 0.15) is 5.82 Å². The molecule has 0 atom stereocenters. The molecule has 0 radical (unpaired) electrons. The number of rotatable bonds is 4. The van der Waals surface area contributed by atoms with Crippen LogP contribution in [0.25, 0.3) is 0 Å². The van der Waals surface area contributed by atoms with E-state index >= 15 is 0 Å². The summed E-state index contributed by atoms with van der Waals surface area (Å²) in [4.78, 5) is 29.0. The standard InChI is InChI=1S/C19H15Cl2F3N4O2/c20-12-1-3-14(27-17(29)11-5-7-25-8-6-11)15(9-12)28(18(30)19(22,23)24)16-4-2-13(21)10-26-16/h1-5,9-10,25H,6-8H2,(H,27,29). The fourth-order valence-corrected chi connectivity index (χ4v) is 3.07. The third-order valence-electron chi connectivity index (χ3n) is 4.19. The SMILES string of the molecule is O=C(Nc1ccc(Cl)cc1N(C(=O)C(F)(F)F)c1ccc(Cl)cn1)C1=CCNCC1. The van der Waals surface area contributed by atoms with Crippen LogP contribution >= 0.6 is 23.2 Å². The lowest BCUT2D eigenvalue weighted by atomic mass is 10.1. The minimum atomic E-state index is -5.21. The van der Waals surface area contributed by atoms with Gasteiger partial charge in [-0.3, -0.25) is 14.5 Å². The monoisotopic (exact) mass is 458 g/mol. The Morgan fingerprint density at radius 2 is 1.87 bits per heavy atom. The number of aromatic nitrogens is 1. The highest BCUT2D eigenvalue weighted by atomic mass is 35.5. The number of benzene rings is 1. The lowest BCUT2D eigenvalue weighted by Gasteiger charge is -2.26. The number of carbonyl (C=O) groups excluding carboxylic acids is 2. The Hall–Kier alpha value is -2.62. The van der Waals surface area contributed by atoms with E-state index in [0.717, 1.165) is 18.3 Å². The molecule has 0 bridgehead atoms. The molecule has 0 spiro atoms. The van der Waals surface area contributed by atoms with E-state index in [-0.39, 0.29) is 27.2 Å². The Kier molecular flexibility index (Phi) is 6.64. The van der Waals surface area contributed by atoms with Crippen molar-refractivity contribution < 1.29 is 22.8 Å². The number of amides is 2. The van der Waals surface area contributed by atoms with Gasteiger partial charge >= 0.3 is 12.1 Å². The van der Waals surface area contributed by atoms with Gasteiger partial charge in [0.25, 0.3) is 5.91 Å². The molecular weight excluding hydrogens is 444 g/mol. The van der Waals surface area contributed by atoms with Gasteiger partial charge in [0.05, 0.1) is 16.4 Å². The average Bonchev–Trinajstić information content (AvgIpc) is 2.71. The average molecular weight is 459 g/mol. The minimum Gasteiger partial charge on any atom is -0.320 e. The van der Waals surface area contributed by atoms with Crippen molar-refractivity contribution in [2.24, 2.45) is 0 Å². The van der Waals surface area contributed by atoms with Crippen LogP contribution in [0.5, 0.6) is 0 Å². The van der Waals surface area contributed by atoms with E-state index in [2.05, 4.69) is 15.6 Å². The number of nitrogens with zero attached hydrogens (tertiary/aromatic N) is 2. The lowest BCUT2D eigenvalue weighted by molar-refractivity contribution is -0.169. The predicted molar refractivity (Wildman–Crippen MR) is 108 cm³/mol. The highest BCUT2D eigenvalue weighted by Gasteiger charge is 2.45. The smallest absolute Gasteiger partial charge is 0.320 e. The van der Waals surface area contributed by atoms with Crippen molar-refractivity contribution >= 4 is 52.2 Å². The summed E-state index contributed by atoms with van der Waals surface area (Å²) < 4.78 is 40.1. The Morgan fingerprint density at radius 3 is 2.47 bits per heavy atom. The number of halogens is 5. The molecule has 0 unspecified atom stereocenters. The van der Waals surface area contributed by atoms with Gasteiger partial charge in [-0.15, -0.1) is 0 Å². The van der Waals surface area contributed by atoms with Crippen molar-refractivity contribution in [3.8, 4) is 0 Å². The zero-order valence-electron chi connectivity index (χ0n) is 15.3. The second-order valence-electron chi connectivity index (χ2n) is 6.27. The first-order valence-electron chi connectivity index (χ1n) is 8.70. The van der Waals surface area contributed by atoms with Gasteiger partial charge in [0.2, 0.25) is 0 Å². The summed E-state index contributed by atoms with van der Waals surface area (Å²) in [7, 11) is 0. The number of anilines is 3. The molecule has 0 saturated heterocycles. The number of hydrogen-bond acceptors (Lipinski definition) is 4. The zero-order chi connectivity index (χ0) is 21.9. The molecule has 158 valence electrons. The summed E-state index contributed by atoms with van der Waals surface area (Å²) in [5.41, 5.74) is 0.175. The first kappa shape index (κ1) is 22.1.